The molecular weight excluding hydrogens is 226 g/mol. The second kappa shape index (κ2) is 6.01. The molecule has 0 radical (unpaired) electrons. The number of ketones is 1. The molecule has 1 aromatic rings. The van der Waals surface area contributed by atoms with Gasteiger partial charge in [0, 0.05) is 18.9 Å². The van der Waals surface area contributed by atoms with E-state index in [4.69, 9.17) is 4.74 Å². The van der Waals surface area contributed by atoms with Crippen LogP contribution < -0.4 is 10.1 Å². The van der Waals surface area contributed by atoms with Crippen LogP contribution in [0.4, 0.5) is 0 Å². The zero-order valence-corrected chi connectivity index (χ0v) is 11.1. The van der Waals surface area contributed by atoms with E-state index >= 15 is 0 Å². The molecule has 0 aliphatic heterocycles. The van der Waals surface area contributed by atoms with Gasteiger partial charge < -0.3 is 10.1 Å². The van der Waals surface area contributed by atoms with Crippen LogP contribution in [-0.4, -0.2) is 25.0 Å². The molecule has 18 heavy (non-hydrogen) atoms. The molecule has 3 heteroatoms. The predicted octanol–water partition coefficient (Wildman–Crippen LogP) is 2.34. The van der Waals surface area contributed by atoms with Crippen molar-refractivity contribution in [1.29, 1.82) is 0 Å². The van der Waals surface area contributed by atoms with Crippen LogP contribution in [0.25, 0.3) is 0 Å². The summed E-state index contributed by atoms with van der Waals surface area (Å²) in [6.45, 7) is 1.90. The number of hydrogen-bond acceptors (Lipinski definition) is 3. The SMILES string of the molecule is CCC(=O)Cc1ccc(O[C@H]2C[C@@H](NC)C2)cc1. The molecule has 1 aromatic carbocycles. The van der Waals surface area contributed by atoms with Crippen molar-refractivity contribution >= 4 is 5.78 Å². The van der Waals surface area contributed by atoms with Gasteiger partial charge in [0.2, 0.25) is 0 Å². The van der Waals surface area contributed by atoms with Gasteiger partial charge in [-0.05, 0) is 37.6 Å². The van der Waals surface area contributed by atoms with E-state index in [1.165, 1.54) is 0 Å². The third kappa shape index (κ3) is 3.33. The van der Waals surface area contributed by atoms with Crippen molar-refractivity contribution in [2.45, 2.75) is 44.8 Å². The van der Waals surface area contributed by atoms with E-state index in [2.05, 4.69) is 5.32 Å². The van der Waals surface area contributed by atoms with Crippen molar-refractivity contribution in [2.75, 3.05) is 7.05 Å². The highest BCUT2D eigenvalue weighted by Gasteiger charge is 2.29. The Morgan fingerprint density at radius 2 is 2.00 bits per heavy atom. The number of carbonyl (C=O) groups excluding carboxylic acids is 1. The van der Waals surface area contributed by atoms with Gasteiger partial charge in [0.05, 0.1) is 0 Å². The number of hydrogen-bond donors (Lipinski definition) is 1. The van der Waals surface area contributed by atoms with Gasteiger partial charge in [-0.25, -0.2) is 0 Å². The van der Waals surface area contributed by atoms with E-state index in [-0.39, 0.29) is 5.78 Å². The fourth-order valence-corrected chi connectivity index (χ4v) is 2.13. The lowest BCUT2D eigenvalue weighted by Crippen LogP contribution is -2.45. The number of rotatable bonds is 6. The molecule has 0 bridgehead atoms. The maximum Gasteiger partial charge on any atom is 0.136 e. The predicted molar refractivity (Wildman–Crippen MR) is 71.9 cm³/mol. The molecule has 1 fully saturated rings. The molecule has 0 aromatic heterocycles. The fraction of sp³-hybridized carbons (Fsp3) is 0.533. The highest BCUT2D eigenvalue weighted by molar-refractivity contribution is 5.80. The summed E-state index contributed by atoms with van der Waals surface area (Å²) in [6.07, 6.45) is 3.62. The lowest BCUT2D eigenvalue weighted by molar-refractivity contribution is -0.118. The quantitative estimate of drug-likeness (QED) is 0.838. The number of benzene rings is 1. The molecule has 1 aliphatic carbocycles. The molecule has 0 unspecified atom stereocenters. The lowest BCUT2D eigenvalue weighted by atomic mass is 9.89. The first-order valence-electron chi connectivity index (χ1n) is 6.65. The van der Waals surface area contributed by atoms with E-state index in [0.29, 0.717) is 25.0 Å². The molecule has 1 saturated carbocycles. The minimum atomic E-state index is 0.277. The number of nitrogens with one attached hydrogen (secondary N) is 1. The molecule has 0 heterocycles. The zero-order valence-electron chi connectivity index (χ0n) is 11.1. The van der Waals surface area contributed by atoms with Crippen molar-refractivity contribution in [1.82, 2.24) is 5.32 Å². The summed E-state index contributed by atoms with van der Waals surface area (Å²) < 4.78 is 5.84. The lowest BCUT2D eigenvalue weighted by Gasteiger charge is -2.35. The van der Waals surface area contributed by atoms with Crippen molar-refractivity contribution in [3.8, 4) is 5.75 Å². The Balaban J connectivity index is 1.83. The highest BCUT2D eigenvalue weighted by Crippen LogP contribution is 2.25. The maximum atomic E-state index is 11.3. The first-order valence-corrected chi connectivity index (χ1v) is 6.65. The van der Waals surface area contributed by atoms with Gasteiger partial charge in [-0.1, -0.05) is 19.1 Å². The highest BCUT2D eigenvalue weighted by atomic mass is 16.5. The van der Waals surface area contributed by atoms with Gasteiger partial charge in [-0.3, -0.25) is 4.79 Å². The molecule has 0 spiro atoms. The van der Waals surface area contributed by atoms with Crippen molar-refractivity contribution in [3.63, 3.8) is 0 Å². The Morgan fingerprint density at radius 1 is 1.33 bits per heavy atom. The van der Waals surface area contributed by atoms with Crippen LogP contribution in [0.3, 0.4) is 0 Å². The molecule has 0 amide bonds. The van der Waals surface area contributed by atoms with Gasteiger partial charge >= 0.3 is 0 Å². The monoisotopic (exact) mass is 247 g/mol. The largest absolute Gasteiger partial charge is 0.490 e. The van der Waals surface area contributed by atoms with Gasteiger partial charge in [0.15, 0.2) is 0 Å². The van der Waals surface area contributed by atoms with Crippen LogP contribution >= 0.6 is 0 Å². The number of Topliss-reactive ketones (excluding diaryl/α,β-unsaturated/α-hetero) is 1. The smallest absolute Gasteiger partial charge is 0.136 e. The average Bonchev–Trinajstić information content (AvgIpc) is 2.35. The Kier molecular flexibility index (Phi) is 4.37. The van der Waals surface area contributed by atoms with E-state index < -0.39 is 0 Å². The third-order valence-corrected chi connectivity index (χ3v) is 3.52. The molecule has 2 rings (SSSR count). The summed E-state index contributed by atoms with van der Waals surface area (Å²) in [5.41, 5.74) is 1.07. The minimum Gasteiger partial charge on any atom is -0.490 e. The van der Waals surface area contributed by atoms with Crippen LogP contribution in [0, 0.1) is 0 Å². The molecule has 3 nitrogen and oxygen atoms in total. The second-order valence-electron chi connectivity index (χ2n) is 4.91. The molecule has 98 valence electrons. The Hall–Kier alpha value is -1.35. The third-order valence-electron chi connectivity index (χ3n) is 3.52. The van der Waals surface area contributed by atoms with Crippen molar-refractivity contribution in [2.24, 2.45) is 0 Å². The van der Waals surface area contributed by atoms with Crippen molar-refractivity contribution in [3.05, 3.63) is 29.8 Å². The number of ether oxygens (including phenoxy) is 1. The Morgan fingerprint density at radius 3 is 2.56 bits per heavy atom. The van der Waals surface area contributed by atoms with Crippen LogP contribution in [0.15, 0.2) is 24.3 Å². The Labute approximate surface area is 109 Å². The van der Waals surface area contributed by atoms with E-state index in [1.807, 2.05) is 38.2 Å². The topological polar surface area (TPSA) is 38.3 Å². The van der Waals surface area contributed by atoms with Crippen LogP contribution in [0.1, 0.15) is 31.7 Å². The first kappa shape index (κ1) is 13.1. The summed E-state index contributed by atoms with van der Waals surface area (Å²) in [7, 11) is 1.99. The molecule has 0 saturated heterocycles. The Bertz CT molecular complexity index is 393. The van der Waals surface area contributed by atoms with Gasteiger partial charge in [0.25, 0.3) is 0 Å². The van der Waals surface area contributed by atoms with E-state index in [0.717, 1.165) is 24.2 Å². The van der Waals surface area contributed by atoms with Gasteiger partial charge in [-0.15, -0.1) is 0 Å². The summed E-state index contributed by atoms with van der Waals surface area (Å²) in [4.78, 5) is 11.3. The van der Waals surface area contributed by atoms with Gasteiger partial charge in [0.1, 0.15) is 17.6 Å². The van der Waals surface area contributed by atoms with Crippen LogP contribution in [0.5, 0.6) is 5.75 Å². The van der Waals surface area contributed by atoms with Crippen LogP contribution in [0.2, 0.25) is 0 Å². The first-order chi connectivity index (χ1) is 8.71. The maximum absolute atomic E-state index is 11.3. The standard InChI is InChI=1S/C15H21NO2/c1-3-13(17)8-11-4-6-14(7-5-11)18-15-9-12(10-15)16-2/h4-7,12,15-16H,3,8-10H2,1-2H3/t12-,15+. The average molecular weight is 247 g/mol. The van der Waals surface area contributed by atoms with Gasteiger partial charge in [-0.2, -0.15) is 0 Å². The number of carbonyl (C=O) groups is 1. The van der Waals surface area contributed by atoms with Crippen LogP contribution in [-0.2, 0) is 11.2 Å². The van der Waals surface area contributed by atoms with E-state index in [9.17, 15) is 4.79 Å². The normalized spacial score (nSPS) is 22.3. The molecule has 0 atom stereocenters. The minimum absolute atomic E-state index is 0.277. The fourth-order valence-electron chi connectivity index (χ4n) is 2.13. The summed E-state index contributed by atoms with van der Waals surface area (Å²) in [5.74, 6) is 1.18. The molecule has 1 aliphatic rings. The summed E-state index contributed by atoms with van der Waals surface area (Å²) in [5, 5.41) is 3.24. The second-order valence-corrected chi connectivity index (χ2v) is 4.91. The van der Waals surface area contributed by atoms with Crippen molar-refractivity contribution < 1.29 is 9.53 Å². The zero-order chi connectivity index (χ0) is 13.0. The summed E-state index contributed by atoms with van der Waals surface area (Å²) in [6, 6.07) is 8.50. The molecular formula is C15H21NO2. The molecule has 1 N–H and O–H groups in total. The summed E-state index contributed by atoms with van der Waals surface area (Å²) >= 11 is 0. The van der Waals surface area contributed by atoms with E-state index in [1.54, 1.807) is 0 Å².